The minimum atomic E-state index is -1.20. The number of fused-ring (bicyclic) bond motifs is 4. The largest absolute Gasteiger partial charge is 0.504 e. The first-order chi connectivity index (χ1) is 16.6. The molecule has 3 aliphatic carbocycles. The van der Waals surface area contributed by atoms with E-state index in [1.807, 2.05) is 6.92 Å². The van der Waals surface area contributed by atoms with Crippen molar-refractivity contribution in [2.75, 3.05) is 26.8 Å². The molecule has 8 heteroatoms. The van der Waals surface area contributed by atoms with Crippen LogP contribution in [0.4, 0.5) is 0 Å². The van der Waals surface area contributed by atoms with Crippen LogP contribution in [0.2, 0.25) is 0 Å². The van der Waals surface area contributed by atoms with Crippen molar-refractivity contribution in [2.45, 2.75) is 51.4 Å². The summed E-state index contributed by atoms with van der Waals surface area (Å²) in [5.74, 6) is -2.14. The molecule has 190 valence electrons. The summed E-state index contributed by atoms with van der Waals surface area (Å²) in [6.45, 7) is 12.0. The standard InChI is InChI=1S/C27H35NO7/c1-6-10-28(11-7-2)13-15-21-24(32)23(31)20-16-8-9-18(30)26(16,3)12-17(29)22(20)27(21,4)19(14-34-5)35-25(15)33/h6-7,13,16-19,29-30,32H,1-2,8-12,14H2,3-5H3/b15-13+/t16-,17+,18?,19+,26-,27-/m0/s1. The zero-order valence-corrected chi connectivity index (χ0v) is 20.6. The first kappa shape index (κ1) is 25.4. The van der Waals surface area contributed by atoms with Gasteiger partial charge in [0, 0.05) is 43.0 Å². The lowest BCUT2D eigenvalue weighted by atomic mass is 9.53. The number of methoxy groups -OCH3 is 1. The predicted octanol–water partition coefficient (Wildman–Crippen LogP) is 2.36. The van der Waals surface area contributed by atoms with E-state index in [-0.39, 0.29) is 30.1 Å². The molecule has 2 fully saturated rings. The van der Waals surface area contributed by atoms with Gasteiger partial charge in [0.1, 0.15) is 6.10 Å². The molecule has 0 amide bonds. The monoisotopic (exact) mass is 485 g/mol. The molecule has 1 unspecified atom stereocenters. The van der Waals surface area contributed by atoms with E-state index in [0.29, 0.717) is 37.1 Å². The summed E-state index contributed by atoms with van der Waals surface area (Å²) in [7, 11) is 1.48. The molecule has 0 aromatic carbocycles. The van der Waals surface area contributed by atoms with Crippen molar-refractivity contribution in [3.05, 3.63) is 59.6 Å². The molecule has 1 heterocycles. The van der Waals surface area contributed by atoms with Crippen LogP contribution in [0.15, 0.2) is 59.6 Å². The minimum Gasteiger partial charge on any atom is -0.504 e. The highest BCUT2D eigenvalue weighted by Crippen LogP contribution is 2.62. The van der Waals surface area contributed by atoms with Gasteiger partial charge in [0.2, 0.25) is 5.78 Å². The SMILES string of the molecule is C=CCN(/C=C1/C(=O)O[C@H](COC)[C@@]2(C)C1=C(O)C(=O)C1=C2[C@H](O)C[C@]2(C)C(O)CC[C@@H]12)CC=C. The average Bonchev–Trinajstić information content (AvgIpc) is 3.09. The Balaban J connectivity index is 1.96. The summed E-state index contributed by atoms with van der Waals surface area (Å²) in [6.07, 6.45) is 3.62. The number of allylic oxidation sites excluding steroid dienone is 1. The molecule has 0 spiro atoms. The van der Waals surface area contributed by atoms with Crippen molar-refractivity contribution in [3.63, 3.8) is 0 Å². The van der Waals surface area contributed by atoms with Gasteiger partial charge in [0.05, 0.1) is 29.8 Å². The summed E-state index contributed by atoms with van der Waals surface area (Å²) in [4.78, 5) is 28.7. The maximum atomic E-state index is 13.7. The highest BCUT2D eigenvalue weighted by atomic mass is 16.6. The van der Waals surface area contributed by atoms with Crippen LogP contribution in [0.25, 0.3) is 0 Å². The third kappa shape index (κ3) is 3.61. The Hall–Kier alpha value is -2.68. The summed E-state index contributed by atoms with van der Waals surface area (Å²) >= 11 is 0. The lowest BCUT2D eigenvalue weighted by Crippen LogP contribution is -2.56. The Bertz CT molecular complexity index is 1050. The number of aliphatic hydroxyl groups excluding tert-OH is 3. The molecule has 8 nitrogen and oxygen atoms in total. The first-order valence-electron chi connectivity index (χ1n) is 12.0. The highest BCUT2D eigenvalue weighted by molar-refractivity contribution is 6.13. The zero-order valence-electron chi connectivity index (χ0n) is 20.6. The van der Waals surface area contributed by atoms with Gasteiger partial charge < -0.3 is 29.7 Å². The molecule has 0 aromatic heterocycles. The van der Waals surface area contributed by atoms with Gasteiger partial charge in [-0.3, -0.25) is 4.79 Å². The molecule has 6 atom stereocenters. The van der Waals surface area contributed by atoms with Gasteiger partial charge in [-0.15, -0.1) is 13.2 Å². The van der Waals surface area contributed by atoms with Crippen LogP contribution < -0.4 is 0 Å². The van der Waals surface area contributed by atoms with Gasteiger partial charge in [0.25, 0.3) is 0 Å². The normalized spacial score (nSPS) is 37.6. The smallest absolute Gasteiger partial charge is 0.340 e. The molecule has 35 heavy (non-hydrogen) atoms. The van der Waals surface area contributed by atoms with E-state index in [4.69, 9.17) is 9.47 Å². The van der Waals surface area contributed by atoms with Crippen LogP contribution in [0.5, 0.6) is 0 Å². The summed E-state index contributed by atoms with van der Waals surface area (Å²) in [6, 6.07) is 0. The van der Waals surface area contributed by atoms with E-state index in [1.165, 1.54) is 7.11 Å². The second kappa shape index (κ2) is 9.08. The molecule has 1 saturated heterocycles. The number of nitrogens with zero attached hydrogens (tertiary/aromatic N) is 1. The average molecular weight is 486 g/mol. The molecule has 0 bridgehead atoms. The van der Waals surface area contributed by atoms with Crippen molar-refractivity contribution in [1.29, 1.82) is 0 Å². The van der Waals surface area contributed by atoms with Crippen LogP contribution in [0.1, 0.15) is 33.1 Å². The number of cyclic esters (lactones) is 1. The number of carbonyl (C=O) groups excluding carboxylic acids is 2. The number of esters is 1. The van der Waals surface area contributed by atoms with Gasteiger partial charge in [-0.1, -0.05) is 19.1 Å². The van der Waals surface area contributed by atoms with Crippen LogP contribution >= 0.6 is 0 Å². The van der Waals surface area contributed by atoms with Crippen molar-refractivity contribution < 1.29 is 34.4 Å². The number of hydrogen-bond donors (Lipinski definition) is 3. The molecular weight excluding hydrogens is 450 g/mol. The van der Waals surface area contributed by atoms with Crippen molar-refractivity contribution in [2.24, 2.45) is 16.7 Å². The highest BCUT2D eigenvalue weighted by Gasteiger charge is 2.63. The van der Waals surface area contributed by atoms with Crippen LogP contribution in [0, 0.1) is 16.7 Å². The van der Waals surface area contributed by atoms with E-state index < -0.39 is 46.7 Å². The molecule has 1 saturated carbocycles. The molecule has 4 rings (SSSR count). The number of Topliss-reactive ketones (excluding diaryl/α,β-unsaturated/α-hetero) is 1. The zero-order chi connectivity index (χ0) is 25.7. The summed E-state index contributed by atoms with van der Waals surface area (Å²) < 4.78 is 11.2. The quantitative estimate of drug-likeness (QED) is 0.286. The molecule has 1 aliphatic heterocycles. The Morgan fingerprint density at radius 2 is 1.83 bits per heavy atom. The van der Waals surface area contributed by atoms with Crippen LogP contribution in [-0.4, -0.2) is 77.1 Å². The number of rotatable bonds is 7. The third-order valence-corrected chi connectivity index (χ3v) is 8.41. The Kier molecular flexibility index (Phi) is 6.59. The number of ketones is 1. The maximum absolute atomic E-state index is 13.7. The Morgan fingerprint density at radius 3 is 2.43 bits per heavy atom. The number of hydrogen-bond acceptors (Lipinski definition) is 8. The lowest BCUT2D eigenvalue weighted by Gasteiger charge is -2.53. The fourth-order valence-corrected chi connectivity index (χ4v) is 6.70. The van der Waals surface area contributed by atoms with Crippen molar-refractivity contribution in [3.8, 4) is 0 Å². The Labute approximate surface area is 205 Å². The van der Waals surface area contributed by atoms with E-state index in [2.05, 4.69) is 13.2 Å². The lowest BCUT2D eigenvalue weighted by molar-refractivity contribution is -0.157. The van der Waals surface area contributed by atoms with Gasteiger partial charge in [-0.25, -0.2) is 4.79 Å². The van der Waals surface area contributed by atoms with Gasteiger partial charge >= 0.3 is 5.97 Å². The topological polar surface area (TPSA) is 117 Å². The van der Waals surface area contributed by atoms with E-state index in [0.717, 1.165) is 0 Å². The molecule has 0 radical (unpaired) electrons. The van der Waals surface area contributed by atoms with Crippen LogP contribution in [0.3, 0.4) is 0 Å². The Morgan fingerprint density at radius 1 is 1.17 bits per heavy atom. The second-order valence-electron chi connectivity index (χ2n) is 10.4. The van der Waals surface area contributed by atoms with Gasteiger partial charge in [-0.05, 0) is 37.7 Å². The van der Waals surface area contributed by atoms with Crippen LogP contribution in [-0.2, 0) is 19.1 Å². The summed E-state index contributed by atoms with van der Waals surface area (Å²) in [5, 5.41) is 33.6. The van der Waals surface area contributed by atoms with Crippen molar-refractivity contribution in [1.82, 2.24) is 4.90 Å². The van der Waals surface area contributed by atoms with Gasteiger partial charge in [0.15, 0.2) is 5.76 Å². The first-order valence-corrected chi connectivity index (χ1v) is 12.0. The van der Waals surface area contributed by atoms with E-state index in [1.54, 1.807) is 30.2 Å². The molecule has 0 aromatic rings. The number of aliphatic hydroxyl groups is 3. The maximum Gasteiger partial charge on any atom is 0.340 e. The number of carbonyl (C=O) groups is 2. The third-order valence-electron chi connectivity index (χ3n) is 8.41. The van der Waals surface area contributed by atoms with Gasteiger partial charge in [-0.2, -0.15) is 0 Å². The predicted molar refractivity (Wildman–Crippen MR) is 129 cm³/mol. The minimum absolute atomic E-state index is 0.0115. The molecule has 4 aliphatic rings. The summed E-state index contributed by atoms with van der Waals surface area (Å²) in [5.41, 5.74) is -0.920. The fraction of sp³-hybridized carbons (Fsp3) is 0.556. The molecule has 3 N–H and O–H groups in total. The number of ether oxygens (including phenoxy) is 2. The van der Waals surface area contributed by atoms with Crippen molar-refractivity contribution >= 4 is 11.8 Å². The van der Waals surface area contributed by atoms with E-state index in [9.17, 15) is 24.9 Å². The second-order valence-corrected chi connectivity index (χ2v) is 10.4. The van der Waals surface area contributed by atoms with E-state index >= 15 is 0 Å². The molecular formula is C27H35NO7. The fourth-order valence-electron chi connectivity index (χ4n) is 6.70.